The van der Waals surface area contributed by atoms with E-state index < -0.39 is 10.0 Å². The molecule has 20 heavy (non-hydrogen) atoms. The van der Waals surface area contributed by atoms with Gasteiger partial charge in [0.05, 0.1) is 10.6 Å². The zero-order chi connectivity index (χ0) is 14.8. The van der Waals surface area contributed by atoms with Crippen LogP contribution in [0, 0.1) is 0 Å². The lowest BCUT2D eigenvalue weighted by atomic mass is 10.2. The minimum atomic E-state index is -3.54. The number of hydrogen-bond donors (Lipinski definition) is 1. The van der Waals surface area contributed by atoms with E-state index in [2.05, 4.69) is 5.32 Å². The third-order valence-corrected chi connectivity index (χ3v) is 4.97. The standard InChI is InChI=1S/C13H18N2O4S/c1-3-4-7-15(2)20(17,18)10-5-6-12-11(8-10)14-13(16)9-19-12/h5-6,8H,3-4,7,9H2,1-2H3,(H,14,16). The van der Waals surface area contributed by atoms with Crippen LogP contribution in [0.15, 0.2) is 23.1 Å². The second-order valence-corrected chi connectivity index (χ2v) is 6.72. The van der Waals surface area contributed by atoms with Crippen LogP contribution in [0.5, 0.6) is 5.75 Å². The first kappa shape index (κ1) is 14.8. The number of carbonyl (C=O) groups excluding carboxylic acids is 1. The van der Waals surface area contributed by atoms with Gasteiger partial charge >= 0.3 is 0 Å². The van der Waals surface area contributed by atoms with Crippen LogP contribution in [0.3, 0.4) is 0 Å². The molecule has 0 radical (unpaired) electrons. The number of rotatable bonds is 5. The number of anilines is 1. The van der Waals surface area contributed by atoms with Crippen LogP contribution in [0.4, 0.5) is 5.69 Å². The van der Waals surface area contributed by atoms with Gasteiger partial charge in [-0.2, -0.15) is 0 Å². The van der Waals surface area contributed by atoms with Crippen molar-refractivity contribution in [2.24, 2.45) is 0 Å². The van der Waals surface area contributed by atoms with Crippen molar-refractivity contribution in [3.63, 3.8) is 0 Å². The van der Waals surface area contributed by atoms with E-state index in [9.17, 15) is 13.2 Å². The van der Waals surface area contributed by atoms with Crippen molar-refractivity contribution in [3.8, 4) is 5.75 Å². The van der Waals surface area contributed by atoms with Crippen LogP contribution in [0.1, 0.15) is 19.8 Å². The highest BCUT2D eigenvalue weighted by Crippen LogP contribution is 2.30. The number of nitrogens with one attached hydrogen (secondary N) is 1. The van der Waals surface area contributed by atoms with Crippen molar-refractivity contribution in [1.29, 1.82) is 0 Å². The van der Waals surface area contributed by atoms with Crippen LogP contribution < -0.4 is 10.1 Å². The average molecular weight is 298 g/mol. The first-order valence-electron chi connectivity index (χ1n) is 6.48. The van der Waals surface area contributed by atoms with E-state index in [0.29, 0.717) is 18.0 Å². The Kier molecular flexibility index (Phi) is 4.29. The number of sulfonamides is 1. The van der Waals surface area contributed by atoms with Crippen molar-refractivity contribution in [2.75, 3.05) is 25.5 Å². The second-order valence-electron chi connectivity index (χ2n) is 4.67. The number of benzene rings is 1. The number of carbonyl (C=O) groups is 1. The topological polar surface area (TPSA) is 75.7 Å². The fourth-order valence-electron chi connectivity index (χ4n) is 1.90. The molecule has 0 saturated carbocycles. The molecule has 0 spiro atoms. The summed E-state index contributed by atoms with van der Waals surface area (Å²) in [6, 6.07) is 4.49. The lowest BCUT2D eigenvalue weighted by molar-refractivity contribution is -0.118. The molecule has 0 bridgehead atoms. The summed E-state index contributed by atoms with van der Waals surface area (Å²) in [6.07, 6.45) is 1.73. The summed E-state index contributed by atoms with van der Waals surface area (Å²) < 4.78 is 31.3. The van der Waals surface area contributed by atoms with E-state index in [1.165, 1.54) is 16.4 Å². The maximum atomic E-state index is 12.4. The number of nitrogens with zero attached hydrogens (tertiary/aromatic N) is 1. The summed E-state index contributed by atoms with van der Waals surface area (Å²) >= 11 is 0. The Morgan fingerprint density at radius 3 is 2.85 bits per heavy atom. The summed E-state index contributed by atoms with van der Waals surface area (Å²) in [5, 5.41) is 2.61. The van der Waals surface area contributed by atoms with Crippen molar-refractivity contribution in [3.05, 3.63) is 18.2 Å². The number of ether oxygens (including phenoxy) is 1. The predicted molar refractivity (Wildman–Crippen MR) is 75.3 cm³/mol. The van der Waals surface area contributed by atoms with E-state index in [0.717, 1.165) is 12.8 Å². The Hall–Kier alpha value is -1.60. The molecule has 0 aromatic heterocycles. The molecule has 0 atom stereocenters. The Morgan fingerprint density at radius 1 is 1.40 bits per heavy atom. The van der Waals surface area contributed by atoms with E-state index >= 15 is 0 Å². The van der Waals surface area contributed by atoms with Gasteiger partial charge in [-0.15, -0.1) is 0 Å². The van der Waals surface area contributed by atoms with Gasteiger partial charge in [0.1, 0.15) is 5.75 Å². The Morgan fingerprint density at radius 2 is 2.15 bits per heavy atom. The molecule has 2 rings (SSSR count). The first-order chi connectivity index (χ1) is 9.45. The lowest BCUT2D eigenvalue weighted by Gasteiger charge is -2.21. The zero-order valence-electron chi connectivity index (χ0n) is 11.5. The summed E-state index contributed by atoms with van der Waals surface area (Å²) in [5.41, 5.74) is 0.395. The number of fused-ring (bicyclic) bond motifs is 1. The Labute approximate surface area is 118 Å². The van der Waals surface area contributed by atoms with E-state index in [-0.39, 0.29) is 17.4 Å². The molecule has 1 heterocycles. The largest absolute Gasteiger partial charge is 0.482 e. The molecule has 0 aliphatic carbocycles. The molecule has 0 unspecified atom stereocenters. The van der Waals surface area contributed by atoms with Gasteiger partial charge in [-0.1, -0.05) is 13.3 Å². The van der Waals surface area contributed by atoms with Gasteiger partial charge < -0.3 is 10.1 Å². The molecule has 1 aliphatic rings. The van der Waals surface area contributed by atoms with Gasteiger partial charge in [0.15, 0.2) is 6.61 Å². The number of unbranched alkanes of at least 4 members (excludes halogenated alkanes) is 1. The van der Waals surface area contributed by atoms with Gasteiger partial charge in [-0.05, 0) is 24.6 Å². The fraction of sp³-hybridized carbons (Fsp3) is 0.462. The molecule has 1 amide bonds. The molecule has 1 aliphatic heterocycles. The second kappa shape index (κ2) is 5.80. The van der Waals surface area contributed by atoms with Gasteiger partial charge in [0.25, 0.3) is 5.91 Å². The van der Waals surface area contributed by atoms with Crippen LogP contribution in [-0.2, 0) is 14.8 Å². The molecule has 0 fully saturated rings. The summed E-state index contributed by atoms with van der Waals surface area (Å²) in [4.78, 5) is 11.4. The molecule has 1 N–H and O–H groups in total. The van der Waals surface area contributed by atoms with Gasteiger partial charge in [-0.25, -0.2) is 12.7 Å². The quantitative estimate of drug-likeness (QED) is 0.892. The molecule has 6 nitrogen and oxygen atoms in total. The van der Waals surface area contributed by atoms with E-state index in [4.69, 9.17) is 4.74 Å². The highest BCUT2D eigenvalue weighted by molar-refractivity contribution is 7.89. The number of hydrogen-bond acceptors (Lipinski definition) is 4. The van der Waals surface area contributed by atoms with Crippen LogP contribution in [0.2, 0.25) is 0 Å². The molecule has 1 aromatic rings. The van der Waals surface area contributed by atoms with Crippen molar-refractivity contribution in [2.45, 2.75) is 24.7 Å². The molecule has 1 aromatic carbocycles. The highest BCUT2D eigenvalue weighted by Gasteiger charge is 2.23. The van der Waals surface area contributed by atoms with Crippen molar-refractivity contribution < 1.29 is 17.9 Å². The zero-order valence-corrected chi connectivity index (χ0v) is 12.4. The van der Waals surface area contributed by atoms with Gasteiger partial charge in [-0.3, -0.25) is 4.79 Å². The van der Waals surface area contributed by atoms with Gasteiger partial charge in [0, 0.05) is 13.6 Å². The SMILES string of the molecule is CCCCN(C)S(=O)(=O)c1ccc2c(c1)NC(=O)CO2. The molecule has 110 valence electrons. The van der Waals surface area contributed by atoms with E-state index in [1.54, 1.807) is 13.1 Å². The summed E-state index contributed by atoms with van der Waals surface area (Å²) in [7, 11) is -1.98. The Bertz CT molecular complexity index is 613. The summed E-state index contributed by atoms with van der Waals surface area (Å²) in [6.45, 7) is 2.43. The maximum absolute atomic E-state index is 12.4. The molecular formula is C13H18N2O4S. The fourth-order valence-corrected chi connectivity index (χ4v) is 3.14. The molecule has 0 saturated heterocycles. The smallest absolute Gasteiger partial charge is 0.262 e. The Balaban J connectivity index is 2.28. The average Bonchev–Trinajstić information content (AvgIpc) is 2.43. The summed E-state index contributed by atoms with van der Waals surface area (Å²) in [5.74, 6) is 0.200. The van der Waals surface area contributed by atoms with Crippen molar-refractivity contribution >= 4 is 21.6 Å². The lowest BCUT2D eigenvalue weighted by Crippen LogP contribution is -2.29. The highest BCUT2D eigenvalue weighted by atomic mass is 32.2. The van der Waals surface area contributed by atoms with Crippen LogP contribution in [-0.4, -0.2) is 38.8 Å². The van der Waals surface area contributed by atoms with Crippen LogP contribution in [0.25, 0.3) is 0 Å². The first-order valence-corrected chi connectivity index (χ1v) is 7.92. The molecule has 7 heteroatoms. The maximum Gasteiger partial charge on any atom is 0.262 e. The predicted octanol–water partition coefficient (Wildman–Crippen LogP) is 1.44. The van der Waals surface area contributed by atoms with Crippen molar-refractivity contribution in [1.82, 2.24) is 4.31 Å². The number of amides is 1. The molecular weight excluding hydrogens is 280 g/mol. The normalized spacial score (nSPS) is 14.7. The monoisotopic (exact) mass is 298 g/mol. The van der Waals surface area contributed by atoms with E-state index in [1.807, 2.05) is 6.92 Å². The minimum absolute atomic E-state index is 0.0461. The third kappa shape index (κ3) is 2.94. The third-order valence-electron chi connectivity index (χ3n) is 3.12. The van der Waals surface area contributed by atoms with Gasteiger partial charge in [0.2, 0.25) is 10.0 Å². The van der Waals surface area contributed by atoms with Crippen LogP contribution >= 0.6 is 0 Å². The minimum Gasteiger partial charge on any atom is -0.482 e.